The van der Waals surface area contributed by atoms with Crippen LogP contribution in [0.2, 0.25) is 0 Å². The summed E-state index contributed by atoms with van der Waals surface area (Å²) in [5.74, 6) is 0.140. The summed E-state index contributed by atoms with van der Waals surface area (Å²) < 4.78 is 10.1. The van der Waals surface area contributed by atoms with Crippen molar-refractivity contribution in [2.45, 2.75) is 11.3 Å². The van der Waals surface area contributed by atoms with Gasteiger partial charge < -0.3 is 14.6 Å². The second-order valence-corrected chi connectivity index (χ2v) is 3.39. The maximum Gasteiger partial charge on any atom is 0.307 e. The van der Waals surface area contributed by atoms with E-state index < -0.39 is 5.97 Å². The molecule has 0 heterocycles. The zero-order chi connectivity index (χ0) is 11.4. The molecule has 0 saturated carbocycles. The molecule has 1 aromatic rings. The molecule has 0 atom stereocenters. The van der Waals surface area contributed by atoms with Crippen LogP contribution in [-0.4, -0.2) is 25.3 Å². The van der Waals surface area contributed by atoms with Crippen LogP contribution in [0.1, 0.15) is 5.56 Å². The summed E-state index contributed by atoms with van der Waals surface area (Å²) in [6.45, 7) is 0. The zero-order valence-corrected chi connectivity index (χ0v) is 9.38. The number of thiol groups is 1. The Morgan fingerprint density at radius 1 is 1.33 bits per heavy atom. The molecule has 0 fully saturated rings. The number of benzene rings is 1. The highest BCUT2D eigenvalue weighted by Crippen LogP contribution is 2.32. The van der Waals surface area contributed by atoms with E-state index in [1.807, 2.05) is 0 Å². The van der Waals surface area contributed by atoms with Crippen LogP contribution in [0.15, 0.2) is 17.0 Å². The SMILES string of the molecule is COc1cc(S)c(CC(=O)O)cc1OC. The Kier molecular flexibility index (Phi) is 3.85. The summed E-state index contributed by atoms with van der Waals surface area (Å²) in [5, 5.41) is 8.68. The van der Waals surface area contributed by atoms with Gasteiger partial charge in [0.2, 0.25) is 0 Å². The number of carboxylic acid groups (broad SMARTS) is 1. The molecule has 0 spiro atoms. The minimum Gasteiger partial charge on any atom is -0.493 e. The molecule has 82 valence electrons. The zero-order valence-electron chi connectivity index (χ0n) is 8.48. The van der Waals surface area contributed by atoms with Crippen molar-refractivity contribution in [1.82, 2.24) is 0 Å². The molecule has 0 saturated heterocycles. The van der Waals surface area contributed by atoms with Gasteiger partial charge in [-0.25, -0.2) is 0 Å². The van der Waals surface area contributed by atoms with E-state index in [9.17, 15) is 4.79 Å². The lowest BCUT2D eigenvalue weighted by atomic mass is 10.1. The Balaban J connectivity index is 3.13. The number of methoxy groups -OCH3 is 2. The lowest BCUT2D eigenvalue weighted by Gasteiger charge is -2.10. The predicted molar refractivity (Wildman–Crippen MR) is 58.1 cm³/mol. The Morgan fingerprint density at radius 2 is 1.87 bits per heavy atom. The van der Waals surface area contributed by atoms with E-state index in [4.69, 9.17) is 14.6 Å². The number of ether oxygens (including phenoxy) is 2. The first-order valence-corrected chi connectivity index (χ1v) is 4.69. The second kappa shape index (κ2) is 4.93. The van der Waals surface area contributed by atoms with Crippen LogP contribution in [0.3, 0.4) is 0 Å². The van der Waals surface area contributed by atoms with Gasteiger partial charge in [-0.3, -0.25) is 4.79 Å². The van der Waals surface area contributed by atoms with Gasteiger partial charge in [0.1, 0.15) is 0 Å². The van der Waals surface area contributed by atoms with Crippen LogP contribution >= 0.6 is 12.6 Å². The Labute approximate surface area is 93.2 Å². The van der Waals surface area contributed by atoms with E-state index in [1.165, 1.54) is 14.2 Å². The fourth-order valence-electron chi connectivity index (χ4n) is 1.21. The highest BCUT2D eigenvalue weighted by molar-refractivity contribution is 7.80. The quantitative estimate of drug-likeness (QED) is 0.769. The third-order valence-electron chi connectivity index (χ3n) is 1.93. The van der Waals surface area contributed by atoms with Gasteiger partial charge in [-0.05, 0) is 17.7 Å². The smallest absolute Gasteiger partial charge is 0.307 e. The third-order valence-corrected chi connectivity index (χ3v) is 2.34. The largest absolute Gasteiger partial charge is 0.493 e. The highest BCUT2D eigenvalue weighted by Gasteiger charge is 2.11. The number of hydrogen-bond donors (Lipinski definition) is 2. The Morgan fingerprint density at radius 3 is 2.33 bits per heavy atom. The molecule has 1 aromatic carbocycles. The molecule has 0 radical (unpaired) electrons. The normalized spacial score (nSPS) is 9.80. The van der Waals surface area contributed by atoms with Crippen LogP contribution in [-0.2, 0) is 11.2 Å². The van der Waals surface area contributed by atoms with Crippen molar-refractivity contribution in [2.24, 2.45) is 0 Å². The van der Waals surface area contributed by atoms with E-state index >= 15 is 0 Å². The number of rotatable bonds is 4. The molecule has 4 nitrogen and oxygen atoms in total. The lowest BCUT2D eigenvalue weighted by Crippen LogP contribution is -2.02. The number of carboxylic acids is 1. The number of hydrogen-bond acceptors (Lipinski definition) is 4. The van der Waals surface area contributed by atoms with Gasteiger partial charge in [0.05, 0.1) is 20.6 Å². The summed E-state index contributed by atoms with van der Waals surface area (Å²) in [5.41, 5.74) is 0.600. The second-order valence-electron chi connectivity index (χ2n) is 2.91. The molecule has 1 rings (SSSR count). The van der Waals surface area contributed by atoms with Crippen molar-refractivity contribution in [1.29, 1.82) is 0 Å². The molecule has 1 N–H and O–H groups in total. The average Bonchev–Trinajstić information content (AvgIpc) is 2.19. The topological polar surface area (TPSA) is 55.8 Å². The maximum atomic E-state index is 10.6. The standard InChI is InChI=1S/C10H12O4S/c1-13-7-3-6(4-10(11)12)9(15)5-8(7)14-2/h3,5,15H,4H2,1-2H3,(H,11,12). The van der Waals surface area contributed by atoms with Crippen LogP contribution in [0.25, 0.3) is 0 Å². The van der Waals surface area contributed by atoms with Crippen molar-refractivity contribution in [3.05, 3.63) is 17.7 Å². The minimum absolute atomic E-state index is 0.0841. The predicted octanol–water partition coefficient (Wildman–Crippen LogP) is 1.62. The highest BCUT2D eigenvalue weighted by atomic mass is 32.1. The fourth-order valence-corrected chi connectivity index (χ4v) is 1.48. The maximum absolute atomic E-state index is 10.6. The Hall–Kier alpha value is -1.36. The summed E-state index contributed by atoms with van der Waals surface area (Å²) in [4.78, 5) is 11.1. The van der Waals surface area contributed by atoms with E-state index in [2.05, 4.69) is 12.6 Å². The molecular weight excluding hydrogens is 216 g/mol. The van der Waals surface area contributed by atoms with Gasteiger partial charge >= 0.3 is 5.97 Å². The van der Waals surface area contributed by atoms with Crippen LogP contribution in [0, 0.1) is 0 Å². The number of carbonyl (C=O) groups is 1. The number of aliphatic carboxylic acids is 1. The molecule has 0 aliphatic heterocycles. The fraction of sp³-hybridized carbons (Fsp3) is 0.300. The van der Waals surface area contributed by atoms with Gasteiger partial charge in [0.15, 0.2) is 11.5 Å². The Bertz CT molecular complexity index is 376. The summed E-state index contributed by atoms with van der Waals surface area (Å²) in [6, 6.07) is 3.26. The van der Waals surface area contributed by atoms with Crippen LogP contribution in [0.5, 0.6) is 11.5 Å². The lowest BCUT2D eigenvalue weighted by molar-refractivity contribution is -0.136. The molecule has 0 aliphatic rings. The average molecular weight is 228 g/mol. The first-order valence-electron chi connectivity index (χ1n) is 4.24. The van der Waals surface area contributed by atoms with Gasteiger partial charge in [-0.1, -0.05) is 0 Å². The molecule has 0 bridgehead atoms. The monoisotopic (exact) mass is 228 g/mol. The van der Waals surface area contributed by atoms with E-state index in [-0.39, 0.29) is 6.42 Å². The molecular formula is C10H12O4S. The van der Waals surface area contributed by atoms with Crippen LogP contribution < -0.4 is 9.47 Å². The van der Waals surface area contributed by atoms with Gasteiger partial charge in [-0.15, -0.1) is 12.6 Å². The first-order chi connectivity index (χ1) is 7.08. The van der Waals surface area contributed by atoms with Crippen molar-refractivity contribution in [3.8, 4) is 11.5 Å². The molecule has 5 heteroatoms. The van der Waals surface area contributed by atoms with Crippen LogP contribution in [0.4, 0.5) is 0 Å². The van der Waals surface area contributed by atoms with E-state index in [1.54, 1.807) is 12.1 Å². The first kappa shape index (κ1) is 11.7. The molecule has 0 aromatic heterocycles. The summed E-state index contributed by atoms with van der Waals surface area (Å²) >= 11 is 4.18. The third kappa shape index (κ3) is 2.79. The van der Waals surface area contributed by atoms with E-state index in [0.29, 0.717) is 22.0 Å². The van der Waals surface area contributed by atoms with Gasteiger partial charge in [-0.2, -0.15) is 0 Å². The summed E-state index contributed by atoms with van der Waals surface area (Å²) in [7, 11) is 3.02. The van der Waals surface area contributed by atoms with Gasteiger partial charge in [0, 0.05) is 4.90 Å². The van der Waals surface area contributed by atoms with Crippen molar-refractivity contribution in [2.75, 3.05) is 14.2 Å². The molecule has 0 amide bonds. The van der Waals surface area contributed by atoms with E-state index in [0.717, 1.165) is 0 Å². The molecule has 0 aliphatic carbocycles. The minimum atomic E-state index is -0.905. The van der Waals surface area contributed by atoms with Crippen molar-refractivity contribution in [3.63, 3.8) is 0 Å². The molecule has 0 unspecified atom stereocenters. The van der Waals surface area contributed by atoms with Crippen molar-refractivity contribution >= 4 is 18.6 Å². The summed E-state index contributed by atoms with van der Waals surface area (Å²) in [6.07, 6.45) is -0.0841. The van der Waals surface area contributed by atoms with Gasteiger partial charge in [0.25, 0.3) is 0 Å². The van der Waals surface area contributed by atoms with Crippen molar-refractivity contribution < 1.29 is 19.4 Å². The molecule has 15 heavy (non-hydrogen) atoms.